The Morgan fingerprint density at radius 1 is 1.09 bits per heavy atom. The first-order chi connectivity index (χ1) is 15.9. The maximum Gasteiger partial charge on any atom is 0.234 e. The third-order valence-electron chi connectivity index (χ3n) is 5.81. The molecular formula is C25H28N4O3S. The van der Waals surface area contributed by atoms with E-state index >= 15 is 0 Å². The summed E-state index contributed by atoms with van der Waals surface area (Å²) in [5.41, 5.74) is 11.7. The fourth-order valence-corrected chi connectivity index (χ4v) is 4.75. The van der Waals surface area contributed by atoms with E-state index in [2.05, 4.69) is 16.5 Å². The van der Waals surface area contributed by atoms with Gasteiger partial charge in [0.1, 0.15) is 12.4 Å². The molecule has 7 nitrogen and oxygen atoms in total. The van der Waals surface area contributed by atoms with Gasteiger partial charge >= 0.3 is 0 Å². The monoisotopic (exact) mass is 464 g/mol. The second-order valence-corrected chi connectivity index (χ2v) is 10.0. The zero-order valence-electron chi connectivity index (χ0n) is 19.0. The largest absolute Gasteiger partial charge is 0.489 e. The van der Waals surface area contributed by atoms with Crippen LogP contribution >= 0.6 is 0 Å². The van der Waals surface area contributed by atoms with Gasteiger partial charge in [-0.1, -0.05) is 18.2 Å². The Hall–Kier alpha value is -3.52. The van der Waals surface area contributed by atoms with Crippen molar-refractivity contribution in [2.45, 2.75) is 27.0 Å². The summed E-state index contributed by atoms with van der Waals surface area (Å²) in [6.07, 6.45) is 3.53. The van der Waals surface area contributed by atoms with Crippen molar-refractivity contribution in [1.29, 1.82) is 0 Å². The minimum Gasteiger partial charge on any atom is -0.489 e. The van der Waals surface area contributed by atoms with Crippen LogP contribution in [0.15, 0.2) is 67.0 Å². The highest BCUT2D eigenvalue weighted by Gasteiger charge is 2.19. The van der Waals surface area contributed by atoms with E-state index in [0.717, 1.165) is 40.0 Å². The van der Waals surface area contributed by atoms with Gasteiger partial charge in [-0.3, -0.25) is 9.29 Å². The molecule has 2 N–H and O–H groups in total. The Kier molecular flexibility index (Phi) is 6.29. The summed E-state index contributed by atoms with van der Waals surface area (Å²) in [7, 11) is -1.75. The SMILES string of the molecule is CCn1c(-c2ccc(N(C)S(=O)(=O)CC)cc2)c(N)c2ccc(OCc3cccnc3)cc21. The minimum atomic E-state index is -3.32. The van der Waals surface area contributed by atoms with Gasteiger partial charge in [0, 0.05) is 48.6 Å². The molecule has 0 unspecified atom stereocenters. The highest BCUT2D eigenvalue weighted by Crippen LogP contribution is 2.38. The lowest BCUT2D eigenvalue weighted by atomic mass is 10.1. The lowest BCUT2D eigenvalue weighted by Gasteiger charge is -2.19. The summed E-state index contributed by atoms with van der Waals surface area (Å²) in [6.45, 7) is 4.86. The maximum atomic E-state index is 12.2. The molecule has 0 aliphatic carbocycles. The van der Waals surface area contributed by atoms with Gasteiger partial charge in [-0.2, -0.15) is 0 Å². The standard InChI is InChI=1S/C25H28N4O3S/c1-4-29-23-15-21(32-17-18-7-6-14-27-16-18)12-13-22(23)24(26)25(29)19-8-10-20(11-9-19)28(3)33(30,31)5-2/h6-16H,4-5,17,26H2,1-3H3. The Balaban J connectivity index is 1.68. The van der Waals surface area contributed by atoms with Crippen LogP contribution in [-0.4, -0.2) is 30.8 Å². The summed E-state index contributed by atoms with van der Waals surface area (Å²) < 4.78 is 33.8. The van der Waals surface area contributed by atoms with Crippen LogP contribution in [0, 0.1) is 0 Å². The van der Waals surface area contributed by atoms with Crippen LogP contribution in [0.3, 0.4) is 0 Å². The first-order valence-electron chi connectivity index (χ1n) is 10.9. The van der Waals surface area contributed by atoms with E-state index in [1.54, 1.807) is 26.4 Å². The lowest BCUT2D eigenvalue weighted by molar-refractivity contribution is 0.306. The van der Waals surface area contributed by atoms with Crippen molar-refractivity contribution in [2.24, 2.45) is 0 Å². The summed E-state index contributed by atoms with van der Waals surface area (Å²) in [5, 5.41) is 0.954. The maximum absolute atomic E-state index is 12.2. The van der Waals surface area contributed by atoms with Crippen LogP contribution in [0.5, 0.6) is 5.75 Å². The predicted octanol–water partition coefficient (Wildman–Crippen LogP) is 4.67. The van der Waals surface area contributed by atoms with Crippen LogP contribution in [-0.2, 0) is 23.2 Å². The molecule has 2 aromatic carbocycles. The molecule has 0 radical (unpaired) electrons. The summed E-state index contributed by atoms with van der Waals surface area (Å²) in [5.74, 6) is 0.805. The second-order valence-electron chi connectivity index (χ2n) is 7.75. The zero-order valence-corrected chi connectivity index (χ0v) is 19.8. The van der Waals surface area contributed by atoms with Crippen molar-refractivity contribution < 1.29 is 13.2 Å². The van der Waals surface area contributed by atoms with Gasteiger partial charge in [0.25, 0.3) is 0 Å². The third kappa shape index (κ3) is 4.39. The quantitative estimate of drug-likeness (QED) is 0.409. The van der Waals surface area contributed by atoms with E-state index in [9.17, 15) is 8.42 Å². The summed E-state index contributed by atoms with van der Waals surface area (Å²) in [4.78, 5) is 4.12. The molecule has 0 amide bonds. The van der Waals surface area contributed by atoms with E-state index in [4.69, 9.17) is 10.5 Å². The van der Waals surface area contributed by atoms with Gasteiger partial charge in [0.05, 0.1) is 28.3 Å². The minimum absolute atomic E-state index is 0.0491. The number of anilines is 2. The Morgan fingerprint density at radius 2 is 1.85 bits per heavy atom. The van der Waals surface area contributed by atoms with Crippen LogP contribution in [0.1, 0.15) is 19.4 Å². The van der Waals surface area contributed by atoms with Gasteiger partial charge < -0.3 is 15.0 Å². The molecule has 33 heavy (non-hydrogen) atoms. The average molecular weight is 465 g/mol. The number of ether oxygens (including phenoxy) is 1. The number of nitrogen functional groups attached to an aromatic ring is 1. The molecule has 0 spiro atoms. The van der Waals surface area contributed by atoms with Crippen molar-refractivity contribution in [2.75, 3.05) is 22.8 Å². The lowest BCUT2D eigenvalue weighted by Crippen LogP contribution is -2.27. The van der Waals surface area contributed by atoms with E-state index in [1.807, 2.05) is 54.6 Å². The molecule has 2 aromatic heterocycles. The van der Waals surface area contributed by atoms with Gasteiger partial charge in [-0.05, 0) is 44.2 Å². The van der Waals surface area contributed by atoms with E-state index in [-0.39, 0.29) is 5.75 Å². The molecule has 8 heteroatoms. The first kappa shape index (κ1) is 22.7. The van der Waals surface area contributed by atoms with Gasteiger partial charge in [0.2, 0.25) is 10.0 Å². The Labute approximate surface area is 194 Å². The van der Waals surface area contributed by atoms with Crippen LogP contribution < -0.4 is 14.8 Å². The molecule has 0 saturated carbocycles. The molecule has 172 valence electrons. The van der Waals surface area contributed by atoms with Gasteiger partial charge in [-0.25, -0.2) is 8.42 Å². The Morgan fingerprint density at radius 3 is 2.48 bits per heavy atom. The van der Waals surface area contributed by atoms with Crippen molar-refractivity contribution in [3.8, 4) is 17.0 Å². The molecule has 4 aromatic rings. The van der Waals surface area contributed by atoms with Crippen LogP contribution in [0.4, 0.5) is 11.4 Å². The topological polar surface area (TPSA) is 90.5 Å². The fraction of sp³-hybridized carbons (Fsp3) is 0.240. The number of rotatable bonds is 8. The molecule has 0 aliphatic heterocycles. The van der Waals surface area contributed by atoms with Crippen LogP contribution in [0.25, 0.3) is 22.2 Å². The number of benzene rings is 2. The average Bonchev–Trinajstić information content (AvgIpc) is 3.13. The van der Waals surface area contributed by atoms with Crippen molar-refractivity contribution in [3.63, 3.8) is 0 Å². The third-order valence-corrected chi connectivity index (χ3v) is 7.58. The number of sulfonamides is 1. The van der Waals surface area contributed by atoms with Crippen molar-refractivity contribution in [1.82, 2.24) is 9.55 Å². The number of hydrogen-bond acceptors (Lipinski definition) is 5. The first-order valence-corrected chi connectivity index (χ1v) is 12.5. The highest BCUT2D eigenvalue weighted by molar-refractivity contribution is 7.92. The van der Waals surface area contributed by atoms with Gasteiger partial charge in [0.15, 0.2) is 0 Å². The molecular weight excluding hydrogens is 436 g/mol. The number of aryl methyl sites for hydroxylation is 1. The Bertz CT molecular complexity index is 1360. The second kappa shape index (κ2) is 9.15. The predicted molar refractivity (Wildman–Crippen MR) is 134 cm³/mol. The number of fused-ring (bicyclic) bond motifs is 1. The molecule has 0 aliphatic rings. The number of nitrogens with two attached hydrogens (primary N) is 1. The number of pyridine rings is 1. The molecule has 0 bridgehead atoms. The number of aromatic nitrogens is 2. The van der Waals surface area contributed by atoms with E-state index in [0.29, 0.717) is 18.0 Å². The van der Waals surface area contributed by atoms with Crippen LogP contribution in [0.2, 0.25) is 0 Å². The highest BCUT2D eigenvalue weighted by atomic mass is 32.2. The summed E-state index contributed by atoms with van der Waals surface area (Å²) >= 11 is 0. The van der Waals surface area contributed by atoms with E-state index < -0.39 is 10.0 Å². The molecule has 0 fully saturated rings. The molecule has 0 atom stereocenters. The molecule has 4 rings (SSSR count). The smallest absolute Gasteiger partial charge is 0.234 e. The van der Waals surface area contributed by atoms with Crippen molar-refractivity contribution in [3.05, 3.63) is 72.6 Å². The summed E-state index contributed by atoms with van der Waals surface area (Å²) in [6, 6.07) is 17.2. The number of nitrogens with zero attached hydrogens (tertiary/aromatic N) is 3. The van der Waals surface area contributed by atoms with Crippen molar-refractivity contribution >= 4 is 32.3 Å². The molecule has 2 heterocycles. The fourth-order valence-electron chi connectivity index (χ4n) is 3.92. The normalized spacial score (nSPS) is 11.6. The number of hydrogen-bond donors (Lipinski definition) is 1. The molecule has 0 saturated heterocycles. The zero-order chi connectivity index (χ0) is 23.6. The van der Waals surface area contributed by atoms with E-state index in [1.165, 1.54) is 4.31 Å². The van der Waals surface area contributed by atoms with Gasteiger partial charge in [-0.15, -0.1) is 0 Å².